The van der Waals surface area contributed by atoms with Gasteiger partial charge in [0.05, 0.1) is 6.07 Å². The van der Waals surface area contributed by atoms with Crippen LogP contribution in [0.15, 0.2) is 36.7 Å². The van der Waals surface area contributed by atoms with E-state index in [4.69, 9.17) is 5.26 Å². The minimum Gasteiger partial charge on any atom is -0.358 e. The minimum atomic E-state index is -0.463. The van der Waals surface area contributed by atoms with Gasteiger partial charge in [0.1, 0.15) is 18.4 Å². The van der Waals surface area contributed by atoms with E-state index in [2.05, 4.69) is 25.6 Å². The number of nitriles is 1. The molecule has 2 heterocycles. The van der Waals surface area contributed by atoms with Gasteiger partial charge in [0.25, 0.3) is 0 Å². The Morgan fingerprint density at radius 2 is 2.07 bits per heavy atom. The maximum Gasteiger partial charge on any atom is 0.243 e. The number of hydrogen-bond donors (Lipinski definition) is 2. The van der Waals surface area contributed by atoms with E-state index in [9.17, 15) is 4.79 Å². The van der Waals surface area contributed by atoms with Crippen LogP contribution < -0.4 is 15.5 Å². The second-order valence-electron chi connectivity index (χ2n) is 6.94. The number of anilines is 2. The van der Waals surface area contributed by atoms with Gasteiger partial charge in [-0.3, -0.25) is 9.78 Å². The van der Waals surface area contributed by atoms with Gasteiger partial charge in [-0.05, 0) is 30.5 Å². The molecule has 0 bridgehead atoms. The molecule has 0 radical (unpaired) electrons. The molecule has 0 aromatic carbocycles. The summed E-state index contributed by atoms with van der Waals surface area (Å²) in [6.07, 6.45) is 4.86. The molecule has 1 amide bonds. The van der Waals surface area contributed by atoms with E-state index < -0.39 is 6.04 Å². The molecule has 0 aliphatic heterocycles. The Morgan fingerprint density at radius 3 is 2.75 bits per heavy atom. The SMILES string of the molecule is CC(C)C[C@H](Nc1ccnc(N(C)CCc2ccccn2)n1)C(=O)NCC#N. The maximum absolute atomic E-state index is 12.3. The van der Waals surface area contributed by atoms with E-state index in [-0.39, 0.29) is 12.5 Å². The van der Waals surface area contributed by atoms with Crippen molar-refractivity contribution in [3.63, 3.8) is 0 Å². The molecule has 28 heavy (non-hydrogen) atoms. The molecule has 8 heteroatoms. The third-order valence-electron chi connectivity index (χ3n) is 4.10. The zero-order valence-electron chi connectivity index (χ0n) is 16.6. The van der Waals surface area contributed by atoms with Crippen molar-refractivity contribution in [3.8, 4) is 6.07 Å². The molecule has 0 aliphatic rings. The quantitative estimate of drug-likeness (QED) is 0.606. The maximum atomic E-state index is 12.3. The molecule has 0 fully saturated rings. The molecule has 0 aliphatic carbocycles. The number of rotatable bonds is 10. The van der Waals surface area contributed by atoms with Crippen molar-refractivity contribution >= 4 is 17.7 Å². The van der Waals surface area contributed by atoms with E-state index in [0.717, 1.165) is 18.7 Å². The Labute approximate surface area is 166 Å². The average molecular weight is 381 g/mol. The van der Waals surface area contributed by atoms with Crippen molar-refractivity contribution in [1.29, 1.82) is 5.26 Å². The van der Waals surface area contributed by atoms with Gasteiger partial charge >= 0.3 is 0 Å². The van der Waals surface area contributed by atoms with Crippen molar-refractivity contribution in [2.45, 2.75) is 32.7 Å². The van der Waals surface area contributed by atoms with Gasteiger partial charge < -0.3 is 15.5 Å². The normalized spacial score (nSPS) is 11.5. The lowest BCUT2D eigenvalue weighted by Gasteiger charge is -2.21. The number of carbonyl (C=O) groups is 1. The fraction of sp³-hybridized carbons (Fsp3) is 0.450. The van der Waals surface area contributed by atoms with Crippen molar-refractivity contribution < 1.29 is 4.79 Å². The van der Waals surface area contributed by atoms with Crippen LogP contribution in [0.3, 0.4) is 0 Å². The molecule has 2 aromatic heterocycles. The van der Waals surface area contributed by atoms with Gasteiger partial charge in [0.15, 0.2) is 0 Å². The molecule has 0 saturated carbocycles. The van der Waals surface area contributed by atoms with E-state index in [1.807, 2.05) is 50.1 Å². The largest absolute Gasteiger partial charge is 0.358 e. The number of amides is 1. The first-order valence-corrected chi connectivity index (χ1v) is 9.35. The van der Waals surface area contributed by atoms with Gasteiger partial charge in [-0.15, -0.1) is 0 Å². The number of pyridine rings is 1. The summed E-state index contributed by atoms with van der Waals surface area (Å²) in [6, 6.07) is 9.05. The standard InChI is InChI=1S/C20H27N7O/c1-15(2)14-17(19(28)23-12-9-21)25-18-7-11-24-20(26-18)27(3)13-8-16-6-4-5-10-22-16/h4-7,10-11,15,17H,8,12-14H2,1-3H3,(H,23,28)(H,24,25,26)/t17-/m0/s1. The van der Waals surface area contributed by atoms with Crippen LogP contribution in [0.25, 0.3) is 0 Å². The molecule has 2 rings (SSSR count). The van der Waals surface area contributed by atoms with E-state index >= 15 is 0 Å². The lowest BCUT2D eigenvalue weighted by atomic mass is 10.0. The topological polar surface area (TPSA) is 107 Å². The first-order valence-electron chi connectivity index (χ1n) is 9.35. The van der Waals surface area contributed by atoms with Crippen LogP contribution >= 0.6 is 0 Å². The second-order valence-corrected chi connectivity index (χ2v) is 6.94. The van der Waals surface area contributed by atoms with Crippen LogP contribution in [0, 0.1) is 17.2 Å². The van der Waals surface area contributed by atoms with Crippen molar-refractivity contribution in [3.05, 3.63) is 42.4 Å². The molecule has 2 aromatic rings. The first kappa shape index (κ1) is 21.1. The predicted molar refractivity (Wildman–Crippen MR) is 109 cm³/mol. The number of nitrogens with one attached hydrogen (secondary N) is 2. The number of nitrogens with zero attached hydrogens (tertiary/aromatic N) is 5. The molecule has 0 unspecified atom stereocenters. The molecule has 2 N–H and O–H groups in total. The van der Waals surface area contributed by atoms with Crippen molar-refractivity contribution in [2.75, 3.05) is 30.4 Å². The average Bonchev–Trinajstić information content (AvgIpc) is 2.70. The lowest BCUT2D eigenvalue weighted by molar-refractivity contribution is -0.121. The van der Waals surface area contributed by atoms with Crippen LogP contribution in [0.1, 0.15) is 26.0 Å². The summed E-state index contributed by atoms with van der Waals surface area (Å²) >= 11 is 0. The highest BCUT2D eigenvalue weighted by Crippen LogP contribution is 2.14. The van der Waals surface area contributed by atoms with Crippen molar-refractivity contribution in [2.24, 2.45) is 5.92 Å². The van der Waals surface area contributed by atoms with E-state index in [1.165, 1.54) is 0 Å². The first-order chi connectivity index (χ1) is 13.5. The molecule has 148 valence electrons. The summed E-state index contributed by atoms with van der Waals surface area (Å²) in [5.41, 5.74) is 1.01. The summed E-state index contributed by atoms with van der Waals surface area (Å²) in [4.78, 5) is 27.5. The highest BCUT2D eigenvalue weighted by Gasteiger charge is 2.20. The number of carbonyl (C=O) groups excluding carboxylic acids is 1. The third-order valence-corrected chi connectivity index (χ3v) is 4.10. The second kappa shape index (κ2) is 10.8. The fourth-order valence-corrected chi connectivity index (χ4v) is 2.67. The summed E-state index contributed by atoms with van der Waals surface area (Å²) < 4.78 is 0. The lowest BCUT2D eigenvalue weighted by Crippen LogP contribution is -2.41. The number of hydrogen-bond acceptors (Lipinski definition) is 7. The molecule has 1 atom stereocenters. The highest BCUT2D eigenvalue weighted by molar-refractivity contribution is 5.84. The van der Waals surface area contributed by atoms with Gasteiger partial charge in [-0.2, -0.15) is 10.2 Å². The van der Waals surface area contributed by atoms with Crippen LogP contribution in [-0.4, -0.2) is 47.0 Å². The molecular formula is C20H27N7O. The van der Waals surface area contributed by atoms with Crippen molar-refractivity contribution in [1.82, 2.24) is 20.3 Å². The number of likely N-dealkylation sites (N-methyl/N-ethyl adjacent to an activating group) is 1. The van der Waals surface area contributed by atoms with Gasteiger partial charge in [0.2, 0.25) is 11.9 Å². The zero-order valence-corrected chi connectivity index (χ0v) is 16.6. The minimum absolute atomic E-state index is 0.0135. The molecule has 8 nitrogen and oxygen atoms in total. The van der Waals surface area contributed by atoms with Gasteiger partial charge in [-0.25, -0.2) is 4.98 Å². The Bertz CT molecular complexity index is 789. The zero-order chi connectivity index (χ0) is 20.4. The smallest absolute Gasteiger partial charge is 0.243 e. The Morgan fingerprint density at radius 1 is 1.25 bits per heavy atom. The van der Waals surface area contributed by atoms with Gasteiger partial charge in [-0.1, -0.05) is 19.9 Å². The molecule has 0 spiro atoms. The van der Waals surface area contributed by atoms with Crippen LogP contribution in [0.4, 0.5) is 11.8 Å². The summed E-state index contributed by atoms with van der Waals surface area (Å²) in [5.74, 6) is 1.25. The Balaban J connectivity index is 2.03. The monoisotopic (exact) mass is 381 g/mol. The van der Waals surface area contributed by atoms with Crippen LogP contribution in [-0.2, 0) is 11.2 Å². The van der Waals surface area contributed by atoms with Crippen LogP contribution in [0.2, 0.25) is 0 Å². The Hall–Kier alpha value is -3.21. The number of aromatic nitrogens is 3. The summed E-state index contributed by atoms with van der Waals surface area (Å²) in [6.45, 7) is 4.80. The van der Waals surface area contributed by atoms with E-state index in [1.54, 1.807) is 18.5 Å². The fourth-order valence-electron chi connectivity index (χ4n) is 2.67. The predicted octanol–water partition coefficient (Wildman–Crippen LogP) is 2.02. The highest BCUT2D eigenvalue weighted by atomic mass is 16.2. The summed E-state index contributed by atoms with van der Waals surface area (Å²) in [5, 5.41) is 14.5. The molecule has 0 saturated heterocycles. The summed E-state index contributed by atoms with van der Waals surface area (Å²) in [7, 11) is 1.92. The van der Waals surface area contributed by atoms with Crippen LogP contribution in [0.5, 0.6) is 0 Å². The third kappa shape index (κ3) is 6.83. The molecular weight excluding hydrogens is 354 g/mol. The Kier molecular flexibility index (Phi) is 8.15. The van der Waals surface area contributed by atoms with E-state index in [0.29, 0.717) is 24.1 Å². The van der Waals surface area contributed by atoms with Gasteiger partial charge in [0, 0.05) is 38.1 Å².